The predicted molar refractivity (Wildman–Crippen MR) is 104 cm³/mol. The smallest absolute Gasteiger partial charge is 0.341 e. The quantitative estimate of drug-likeness (QED) is 0.760. The summed E-state index contributed by atoms with van der Waals surface area (Å²) in [5.74, 6) is -0.276. The van der Waals surface area contributed by atoms with Crippen molar-refractivity contribution in [2.24, 2.45) is 0 Å². The van der Waals surface area contributed by atoms with E-state index in [0.29, 0.717) is 29.6 Å². The molecule has 0 unspecified atom stereocenters. The highest BCUT2D eigenvalue weighted by Crippen LogP contribution is 2.30. The van der Waals surface area contributed by atoms with E-state index in [1.54, 1.807) is 37.1 Å². The van der Waals surface area contributed by atoms with Gasteiger partial charge in [0.25, 0.3) is 5.91 Å². The van der Waals surface area contributed by atoms with E-state index in [-0.39, 0.29) is 5.91 Å². The SMILES string of the molecule is CCOc1cc(C(=O)N(C)c2cccc(C(C)C)c2)ccc1OCC(=O)O. The number of nitrogens with zero attached hydrogens (tertiary/aromatic N) is 1. The first-order chi connectivity index (χ1) is 12.8. The minimum absolute atomic E-state index is 0.193. The maximum Gasteiger partial charge on any atom is 0.341 e. The maximum absolute atomic E-state index is 12.9. The molecule has 0 aliphatic rings. The van der Waals surface area contributed by atoms with Crippen LogP contribution < -0.4 is 14.4 Å². The highest BCUT2D eigenvalue weighted by atomic mass is 16.5. The lowest BCUT2D eigenvalue weighted by molar-refractivity contribution is -0.139. The van der Waals surface area contributed by atoms with Crippen LogP contribution in [0.1, 0.15) is 42.6 Å². The summed E-state index contributed by atoms with van der Waals surface area (Å²) in [6.45, 7) is 5.90. The highest BCUT2D eigenvalue weighted by Gasteiger charge is 2.17. The van der Waals surface area contributed by atoms with Gasteiger partial charge in [0.15, 0.2) is 18.1 Å². The molecule has 0 aliphatic heterocycles. The second-order valence-electron chi connectivity index (χ2n) is 6.39. The Morgan fingerprint density at radius 1 is 1.07 bits per heavy atom. The fourth-order valence-electron chi connectivity index (χ4n) is 2.57. The van der Waals surface area contributed by atoms with Gasteiger partial charge in [-0.25, -0.2) is 4.79 Å². The molecule has 6 heteroatoms. The molecular formula is C21H25NO5. The first-order valence-electron chi connectivity index (χ1n) is 8.83. The molecule has 1 N–H and O–H groups in total. The van der Waals surface area contributed by atoms with Gasteiger partial charge in [-0.05, 0) is 48.7 Å². The van der Waals surface area contributed by atoms with Gasteiger partial charge in [0.2, 0.25) is 0 Å². The Balaban J connectivity index is 2.27. The van der Waals surface area contributed by atoms with Crippen LogP contribution in [0.2, 0.25) is 0 Å². The second-order valence-corrected chi connectivity index (χ2v) is 6.39. The van der Waals surface area contributed by atoms with Gasteiger partial charge in [0.05, 0.1) is 6.61 Å². The number of amides is 1. The normalized spacial score (nSPS) is 10.6. The number of rotatable bonds is 8. The van der Waals surface area contributed by atoms with Crippen LogP contribution in [0.15, 0.2) is 42.5 Å². The summed E-state index contributed by atoms with van der Waals surface area (Å²) in [6, 6.07) is 12.6. The number of carbonyl (C=O) groups excluding carboxylic acids is 1. The summed E-state index contributed by atoms with van der Waals surface area (Å²) in [4.78, 5) is 25.2. The van der Waals surface area contributed by atoms with Crippen molar-refractivity contribution in [1.29, 1.82) is 0 Å². The molecule has 1 amide bonds. The molecular weight excluding hydrogens is 346 g/mol. The van der Waals surface area contributed by atoms with Crippen LogP contribution in [0.25, 0.3) is 0 Å². The number of carbonyl (C=O) groups is 2. The summed E-state index contributed by atoms with van der Waals surface area (Å²) in [5.41, 5.74) is 2.38. The van der Waals surface area contributed by atoms with Crippen molar-refractivity contribution >= 4 is 17.6 Å². The molecule has 2 aromatic carbocycles. The average molecular weight is 371 g/mol. The zero-order valence-corrected chi connectivity index (χ0v) is 16.1. The van der Waals surface area contributed by atoms with Gasteiger partial charge in [-0.2, -0.15) is 0 Å². The number of hydrogen-bond acceptors (Lipinski definition) is 4. The first kappa shape index (κ1) is 20.3. The fourth-order valence-corrected chi connectivity index (χ4v) is 2.57. The molecule has 144 valence electrons. The molecule has 0 atom stereocenters. The summed E-state index contributed by atoms with van der Waals surface area (Å²) >= 11 is 0. The molecule has 0 spiro atoms. The monoisotopic (exact) mass is 371 g/mol. The van der Waals surface area contributed by atoms with Crippen LogP contribution in [0.5, 0.6) is 11.5 Å². The lowest BCUT2D eigenvalue weighted by Gasteiger charge is -2.20. The summed E-state index contributed by atoms with van der Waals surface area (Å²) in [7, 11) is 1.72. The van der Waals surface area contributed by atoms with Crippen LogP contribution >= 0.6 is 0 Å². The topological polar surface area (TPSA) is 76.1 Å². The second kappa shape index (κ2) is 9.07. The van der Waals surface area contributed by atoms with E-state index in [2.05, 4.69) is 13.8 Å². The van der Waals surface area contributed by atoms with E-state index >= 15 is 0 Å². The van der Waals surface area contributed by atoms with E-state index in [1.165, 1.54) is 0 Å². The van der Waals surface area contributed by atoms with Gasteiger partial charge in [-0.1, -0.05) is 26.0 Å². The van der Waals surface area contributed by atoms with Crippen LogP contribution in [-0.2, 0) is 4.79 Å². The van der Waals surface area contributed by atoms with E-state index in [1.807, 2.05) is 24.3 Å². The third-order valence-electron chi connectivity index (χ3n) is 4.07. The molecule has 0 heterocycles. The number of hydrogen-bond donors (Lipinski definition) is 1. The Hall–Kier alpha value is -3.02. The largest absolute Gasteiger partial charge is 0.490 e. The minimum Gasteiger partial charge on any atom is -0.490 e. The number of benzene rings is 2. The van der Waals surface area contributed by atoms with Crippen molar-refractivity contribution in [2.75, 3.05) is 25.2 Å². The number of carboxylic acid groups (broad SMARTS) is 1. The minimum atomic E-state index is -1.08. The van der Waals surface area contributed by atoms with Crippen molar-refractivity contribution in [2.45, 2.75) is 26.7 Å². The number of carboxylic acids is 1. The zero-order valence-electron chi connectivity index (χ0n) is 16.1. The number of ether oxygens (including phenoxy) is 2. The molecule has 0 aromatic heterocycles. The Bertz CT molecular complexity index is 816. The standard InChI is InChI=1S/C21H25NO5/c1-5-26-19-12-16(9-10-18(19)27-13-20(23)24)21(25)22(4)17-8-6-7-15(11-17)14(2)3/h6-12,14H,5,13H2,1-4H3,(H,23,24). The van der Waals surface area contributed by atoms with Gasteiger partial charge >= 0.3 is 5.97 Å². The lowest BCUT2D eigenvalue weighted by Crippen LogP contribution is -2.26. The molecule has 0 saturated carbocycles. The van der Waals surface area contributed by atoms with Crippen molar-refractivity contribution in [3.05, 3.63) is 53.6 Å². The molecule has 0 fully saturated rings. The van der Waals surface area contributed by atoms with E-state index < -0.39 is 12.6 Å². The summed E-state index contributed by atoms with van der Waals surface area (Å²) in [6.07, 6.45) is 0. The molecule has 0 radical (unpaired) electrons. The van der Waals surface area contributed by atoms with Gasteiger partial charge in [-0.3, -0.25) is 4.79 Å². The molecule has 0 aliphatic carbocycles. The third-order valence-corrected chi connectivity index (χ3v) is 4.07. The van der Waals surface area contributed by atoms with Gasteiger partial charge in [-0.15, -0.1) is 0 Å². The maximum atomic E-state index is 12.9. The third kappa shape index (κ3) is 5.23. The van der Waals surface area contributed by atoms with Crippen molar-refractivity contribution in [3.63, 3.8) is 0 Å². The number of anilines is 1. The first-order valence-corrected chi connectivity index (χ1v) is 8.83. The Labute approximate surface area is 159 Å². The van der Waals surface area contributed by atoms with E-state index in [4.69, 9.17) is 14.6 Å². The molecule has 27 heavy (non-hydrogen) atoms. The Kier molecular flexibility index (Phi) is 6.82. The van der Waals surface area contributed by atoms with Gasteiger partial charge < -0.3 is 19.5 Å². The van der Waals surface area contributed by atoms with Gasteiger partial charge in [0.1, 0.15) is 0 Å². The van der Waals surface area contributed by atoms with Crippen molar-refractivity contribution in [3.8, 4) is 11.5 Å². The van der Waals surface area contributed by atoms with Crippen LogP contribution in [0, 0.1) is 0 Å². The molecule has 6 nitrogen and oxygen atoms in total. The fraction of sp³-hybridized carbons (Fsp3) is 0.333. The number of aliphatic carboxylic acids is 1. The molecule has 0 bridgehead atoms. The zero-order chi connectivity index (χ0) is 20.0. The van der Waals surface area contributed by atoms with Crippen LogP contribution in [0.3, 0.4) is 0 Å². The van der Waals surface area contributed by atoms with Crippen molar-refractivity contribution < 1.29 is 24.2 Å². The predicted octanol–water partition coefficient (Wildman–Crippen LogP) is 3.95. The Morgan fingerprint density at radius 3 is 2.44 bits per heavy atom. The van der Waals surface area contributed by atoms with Crippen LogP contribution in [-0.4, -0.2) is 37.2 Å². The molecule has 0 saturated heterocycles. The average Bonchev–Trinajstić information content (AvgIpc) is 2.66. The van der Waals surface area contributed by atoms with E-state index in [0.717, 1.165) is 11.3 Å². The molecule has 2 aromatic rings. The Morgan fingerprint density at radius 2 is 1.81 bits per heavy atom. The highest BCUT2D eigenvalue weighted by molar-refractivity contribution is 6.06. The summed E-state index contributed by atoms with van der Waals surface area (Å²) in [5, 5.41) is 8.77. The summed E-state index contributed by atoms with van der Waals surface area (Å²) < 4.78 is 10.7. The van der Waals surface area contributed by atoms with Crippen LogP contribution in [0.4, 0.5) is 5.69 Å². The lowest BCUT2D eigenvalue weighted by atomic mass is 10.0. The van der Waals surface area contributed by atoms with E-state index in [9.17, 15) is 9.59 Å². The van der Waals surface area contributed by atoms with Crippen molar-refractivity contribution in [1.82, 2.24) is 0 Å². The molecule has 2 rings (SSSR count). The van der Waals surface area contributed by atoms with Gasteiger partial charge in [0, 0.05) is 18.3 Å².